The molecule has 6 heteroatoms. The van der Waals surface area contributed by atoms with Gasteiger partial charge < -0.3 is 19.8 Å². The molecule has 0 unspecified atom stereocenters. The van der Waals surface area contributed by atoms with Crippen LogP contribution in [0.25, 0.3) is 0 Å². The Bertz CT molecular complexity index is 165. The van der Waals surface area contributed by atoms with Crippen LogP contribution < -0.4 is 0 Å². The molecule has 0 bridgehead atoms. The normalized spacial score (nSPS) is 9.83. The monoisotopic (exact) mass is 284 g/mol. The van der Waals surface area contributed by atoms with Crippen LogP contribution in [-0.4, -0.2) is 26.4 Å². The molecule has 0 rings (SSSR count). The van der Waals surface area contributed by atoms with Crippen molar-refractivity contribution in [2.75, 3.05) is 6.61 Å². The molecule has 0 aromatic rings. The molecule has 0 radical (unpaired) electrons. The van der Waals surface area contributed by atoms with Crippen molar-refractivity contribution in [1.29, 1.82) is 0 Å². The van der Waals surface area contributed by atoms with Gasteiger partial charge in [-0.2, -0.15) is 0 Å². The van der Waals surface area contributed by atoms with E-state index < -0.39 is 7.82 Å². The Hall–Kier alpha value is -0.190. The first-order chi connectivity index (χ1) is 8.41. The highest BCUT2D eigenvalue weighted by atomic mass is 31.2. The summed E-state index contributed by atoms with van der Waals surface area (Å²) in [5.41, 5.74) is 0. The van der Waals surface area contributed by atoms with Crippen LogP contribution in [0.5, 0.6) is 0 Å². The molecule has 112 valence electrons. The number of rotatable bonds is 8. The minimum atomic E-state index is -4.64. The third-order valence-electron chi connectivity index (χ3n) is 2.01. The minimum absolute atomic E-state index is 0.370. The fourth-order valence-electron chi connectivity index (χ4n) is 1.25. The van der Waals surface area contributed by atoms with E-state index >= 15 is 0 Å². The Balaban J connectivity index is -0.000000270. The minimum Gasteiger partial charge on any atom is -0.396 e. The van der Waals surface area contributed by atoms with Gasteiger partial charge in [0.2, 0.25) is 0 Å². The Morgan fingerprint density at radius 2 is 1.11 bits per heavy atom. The Labute approximate surface area is 111 Å². The first-order valence-corrected chi connectivity index (χ1v) is 7.87. The van der Waals surface area contributed by atoms with Crippen molar-refractivity contribution < 1.29 is 24.4 Å². The predicted molar refractivity (Wildman–Crippen MR) is 75.2 cm³/mol. The van der Waals surface area contributed by atoms with Gasteiger partial charge in [0.05, 0.1) is 0 Å². The topological polar surface area (TPSA) is 98.0 Å². The van der Waals surface area contributed by atoms with Gasteiger partial charge in [-0.05, 0) is 6.42 Å². The van der Waals surface area contributed by atoms with E-state index in [1.165, 1.54) is 44.9 Å². The van der Waals surface area contributed by atoms with Gasteiger partial charge in [-0.3, -0.25) is 0 Å². The Morgan fingerprint density at radius 3 is 1.39 bits per heavy atom. The number of aliphatic hydroxyl groups is 1. The molecule has 0 aliphatic rings. The van der Waals surface area contributed by atoms with Crippen LogP contribution in [0, 0.1) is 0 Å². The molecule has 0 aromatic carbocycles. The molecular formula is C12H29O5P. The molecule has 0 saturated carbocycles. The number of aliphatic hydroxyl groups excluding tert-OH is 1. The van der Waals surface area contributed by atoms with E-state index in [1.807, 2.05) is 0 Å². The lowest BCUT2D eigenvalue weighted by Gasteiger charge is -1.98. The molecule has 0 aliphatic carbocycles. The molecule has 0 fully saturated rings. The van der Waals surface area contributed by atoms with Crippen molar-refractivity contribution in [3.63, 3.8) is 0 Å². The highest BCUT2D eigenvalue weighted by Gasteiger charge is 2.00. The second-order valence-electron chi connectivity index (χ2n) is 3.71. The van der Waals surface area contributed by atoms with Crippen molar-refractivity contribution in [3.05, 3.63) is 13.2 Å². The van der Waals surface area contributed by atoms with E-state index in [4.69, 9.17) is 24.4 Å². The quantitative estimate of drug-likeness (QED) is 0.312. The van der Waals surface area contributed by atoms with Crippen molar-refractivity contribution in [2.24, 2.45) is 0 Å². The lowest BCUT2D eigenvalue weighted by atomic mass is 10.1. The molecule has 0 amide bonds. The molecule has 0 heterocycles. The second-order valence-corrected chi connectivity index (χ2v) is 4.74. The summed E-state index contributed by atoms with van der Waals surface area (Å²) in [4.78, 5) is 21.6. The van der Waals surface area contributed by atoms with Gasteiger partial charge in [0.1, 0.15) is 0 Å². The molecule has 0 atom stereocenters. The van der Waals surface area contributed by atoms with Crippen LogP contribution in [0.15, 0.2) is 13.2 Å². The zero-order chi connectivity index (χ0) is 14.9. The first-order valence-electron chi connectivity index (χ1n) is 6.31. The lowest BCUT2D eigenvalue weighted by Crippen LogP contribution is -1.83. The third-order valence-corrected chi connectivity index (χ3v) is 2.01. The second kappa shape index (κ2) is 19.2. The van der Waals surface area contributed by atoms with Crippen LogP contribution in [0.1, 0.15) is 58.3 Å². The summed E-state index contributed by atoms with van der Waals surface area (Å²) in [7, 11) is -4.64. The summed E-state index contributed by atoms with van der Waals surface area (Å²) in [6, 6.07) is 0. The zero-order valence-electron chi connectivity index (χ0n) is 11.4. The summed E-state index contributed by atoms with van der Waals surface area (Å²) < 4.78 is 8.88. The maximum atomic E-state index is 8.88. The predicted octanol–water partition coefficient (Wildman–Crippen LogP) is 2.99. The molecule has 0 saturated heterocycles. The fourth-order valence-corrected chi connectivity index (χ4v) is 1.25. The van der Waals surface area contributed by atoms with Crippen LogP contribution in [0.4, 0.5) is 0 Å². The highest BCUT2D eigenvalue weighted by molar-refractivity contribution is 7.45. The number of unbranched alkanes of at least 4 members (excludes halogenated alkanes) is 7. The average molecular weight is 284 g/mol. The molecular weight excluding hydrogens is 255 g/mol. The Kier molecular flexibility index (Phi) is 24.4. The van der Waals surface area contributed by atoms with Crippen LogP contribution >= 0.6 is 7.82 Å². The zero-order valence-corrected chi connectivity index (χ0v) is 12.3. The smallest absolute Gasteiger partial charge is 0.396 e. The first kappa shape index (κ1) is 22.9. The van der Waals surface area contributed by atoms with E-state index in [2.05, 4.69) is 20.1 Å². The van der Waals surface area contributed by atoms with E-state index in [9.17, 15) is 0 Å². The van der Waals surface area contributed by atoms with Crippen molar-refractivity contribution >= 4 is 7.82 Å². The molecule has 5 nitrogen and oxygen atoms in total. The highest BCUT2D eigenvalue weighted by Crippen LogP contribution is 2.25. The van der Waals surface area contributed by atoms with Gasteiger partial charge in [0, 0.05) is 6.61 Å². The average Bonchev–Trinajstić information content (AvgIpc) is 2.29. The number of hydrogen-bond acceptors (Lipinski definition) is 2. The molecule has 0 aliphatic heterocycles. The molecule has 0 spiro atoms. The van der Waals surface area contributed by atoms with Gasteiger partial charge >= 0.3 is 7.82 Å². The maximum absolute atomic E-state index is 8.88. The van der Waals surface area contributed by atoms with Crippen molar-refractivity contribution in [1.82, 2.24) is 0 Å². The van der Waals surface area contributed by atoms with Crippen LogP contribution in [0.3, 0.4) is 0 Å². The van der Waals surface area contributed by atoms with Crippen molar-refractivity contribution in [2.45, 2.75) is 58.3 Å². The van der Waals surface area contributed by atoms with Gasteiger partial charge in [-0.1, -0.05) is 51.9 Å². The molecule has 18 heavy (non-hydrogen) atoms. The fraction of sp³-hybridized carbons (Fsp3) is 0.833. The maximum Gasteiger partial charge on any atom is 0.466 e. The van der Waals surface area contributed by atoms with Gasteiger partial charge in [0.15, 0.2) is 0 Å². The van der Waals surface area contributed by atoms with Gasteiger partial charge in [-0.15, -0.1) is 13.2 Å². The SMILES string of the molecule is C=C.CCCCCCCCCCO.O=P(O)(O)O. The van der Waals surface area contributed by atoms with Crippen LogP contribution in [-0.2, 0) is 4.57 Å². The molecule has 4 N–H and O–H groups in total. The van der Waals surface area contributed by atoms with E-state index in [0.29, 0.717) is 6.61 Å². The standard InChI is InChI=1S/C10H22O.C2H4.H3O4P/c1-2-3-4-5-6-7-8-9-10-11;1-2;1-5(2,3)4/h11H,2-10H2,1H3;1-2H2;(H3,1,2,3,4). The molecule has 0 aromatic heterocycles. The van der Waals surface area contributed by atoms with E-state index in [0.717, 1.165) is 6.42 Å². The van der Waals surface area contributed by atoms with Gasteiger partial charge in [-0.25, -0.2) is 4.57 Å². The summed E-state index contributed by atoms with van der Waals surface area (Å²) in [6.45, 7) is 8.61. The largest absolute Gasteiger partial charge is 0.466 e. The lowest BCUT2D eigenvalue weighted by molar-refractivity contribution is 0.275. The van der Waals surface area contributed by atoms with E-state index in [-0.39, 0.29) is 0 Å². The van der Waals surface area contributed by atoms with E-state index in [1.54, 1.807) is 0 Å². The number of phosphoric acid groups is 1. The van der Waals surface area contributed by atoms with Crippen molar-refractivity contribution in [3.8, 4) is 0 Å². The third kappa shape index (κ3) is 56.9. The summed E-state index contributed by atoms with van der Waals surface area (Å²) in [6.07, 6.45) is 10.4. The van der Waals surface area contributed by atoms with Crippen LogP contribution in [0.2, 0.25) is 0 Å². The summed E-state index contributed by atoms with van der Waals surface area (Å²) in [5.74, 6) is 0. The van der Waals surface area contributed by atoms with Gasteiger partial charge in [0.25, 0.3) is 0 Å². The Morgan fingerprint density at radius 1 is 0.833 bits per heavy atom. The summed E-state index contributed by atoms with van der Waals surface area (Å²) in [5, 5.41) is 8.51. The number of hydrogen-bond donors (Lipinski definition) is 4. The summed E-state index contributed by atoms with van der Waals surface area (Å²) >= 11 is 0.